The van der Waals surface area contributed by atoms with Gasteiger partial charge in [-0.2, -0.15) is 0 Å². The minimum Gasteiger partial charge on any atom is -0.310 e. The molecule has 9 aromatic carbocycles. The molecule has 3 heterocycles. The van der Waals surface area contributed by atoms with E-state index in [1.54, 1.807) is 0 Å². The summed E-state index contributed by atoms with van der Waals surface area (Å²) in [5, 5.41) is 10.1. The molecule has 0 spiro atoms. The zero-order chi connectivity index (χ0) is 36.9. The molecule has 0 amide bonds. The number of hydrogen-bond donors (Lipinski definition) is 0. The Balaban J connectivity index is 1.17. The minimum atomic E-state index is -0.130. The second kappa shape index (κ2) is 10.6. The average molecular weight is 714 g/mol. The van der Waals surface area contributed by atoms with E-state index in [4.69, 9.17) is 0 Å². The van der Waals surface area contributed by atoms with E-state index < -0.39 is 0 Å². The maximum Gasteiger partial charge on any atom is 0.0789 e. The van der Waals surface area contributed by atoms with Gasteiger partial charge in [-0.25, -0.2) is 0 Å². The van der Waals surface area contributed by atoms with E-state index in [9.17, 15) is 0 Å². The molecule has 0 radical (unpaired) electrons. The number of benzene rings is 9. The Morgan fingerprint density at radius 2 is 0.929 bits per heavy atom. The third-order valence-electron chi connectivity index (χ3n) is 13.0. The van der Waals surface area contributed by atoms with E-state index in [1.807, 2.05) is 0 Å². The lowest BCUT2D eigenvalue weighted by atomic mass is 9.82. The summed E-state index contributed by atoms with van der Waals surface area (Å²) < 4.78 is 5.04. The van der Waals surface area contributed by atoms with Crippen molar-refractivity contribution in [3.8, 4) is 11.1 Å². The molecule has 0 unspecified atom stereocenters. The highest BCUT2D eigenvalue weighted by Crippen LogP contribution is 2.52. The number of hydrogen-bond acceptors (Lipinski definition) is 1. The Hall–Kier alpha value is -7.10. The van der Waals surface area contributed by atoms with Gasteiger partial charge in [0.15, 0.2) is 0 Å². The van der Waals surface area contributed by atoms with Crippen LogP contribution in [0.4, 0.5) is 17.1 Å². The lowest BCUT2D eigenvalue weighted by molar-refractivity contribution is 0.660. The summed E-state index contributed by atoms with van der Waals surface area (Å²) >= 11 is 0. The molecule has 3 nitrogen and oxygen atoms in total. The molecule has 3 aromatic heterocycles. The highest BCUT2D eigenvalue weighted by Gasteiger charge is 2.36. The fraction of sp³-hybridized carbons (Fsp3) is 0.0566. The summed E-state index contributed by atoms with van der Waals surface area (Å²) in [5.74, 6) is 0. The van der Waals surface area contributed by atoms with Crippen molar-refractivity contribution < 1.29 is 0 Å². The summed E-state index contributed by atoms with van der Waals surface area (Å²) in [7, 11) is 0. The predicted octanol–water partition coefficient (Wildman–Crippen LogP) is 14.3. The molecule has 0 bridgehead atoms. The monoisotopic (exact) mass is 713 g/mol. The Kier molecular flexibility index (Phi) is 5.70. The molecule has 0 aliphatic heterocycles. The van der Waals surface area contributed by atoms with Crippen molar-refractivity contribution in [2.75, 3.05) is 4.90 Å². The number of anilines is 3. The van der Waals surface area contributed by atoms with E-state index >= 15 is 0 Å². The lowest BCUT2D eigenvalue weighted by Crippen LogP contribution is -2.16. The van der Waals surface area contributed by atoms with Gasteiger partial charge in [-0.15, -0.1) is 0 Å². The summed E-state index contributed by atoms with van der Waals surface area (Å²) in [4.78, 5) is 2.52. The van der Waals surface area contributed by atoms with E-state index in [0.717, 1.165) is 11.4 Å². The van der Waals surface area contributed by atoms with Gasteiger partial charge in [0.2, 0.25) is 0 Å². The van der Waals surface area contributed by atoms with Gasteiger partial charge in [0.05, 0.1) is 38.8 Å². The van der Waals surface area contributed by atoms with Crippen molar-refractivity contribution in [2.24, 2.45) is 0 Å². The first-order valence-corrected chi connectivity index (χ1v) is 19.6. The maximum atomic E-state index is 2.53. The van der Waals surface area contributed by atoms with Gasteiger partial charge in [-0.3, -0.25) is 0 Å². The van der Waals surface area contributed by atoms with Gasteiger partial charge in [0, 0.05) is 43.7 Å². The fourth-order valence-corrected chi connectivity index (χ4v) is 10.5. The van der Waals surface area contributed by atoms with Crippen LogP contribution in [0.25, 0.3) is 87.3 Å². The standard InChI is InChI=1S/C53H35N3/c1-53(2)44-20-10-7-16-37(44)38-25-23-33(30-45(38)53)54(49-29-32-13-3-4-14-35(32)36-15-5-6-17-39(36)49)34-24-28-48-50(31-34)56-47-22-12-9-19-41(47)43-27-26-42-40-18-8-11-21-46(40)55(48)51(42)52(43)56/h3-31H,1-2H3. The third kappa shape index (κ3) is 3.72. The third-order valence-corrected chi connectivity index (χ3v) is 13.0. The topological polar surface area (TPSA) is 12.1 Å². The van der Waals surface area contributed by atoms with Crippen LogP contribution < -0.4 is 4.90 Å². The first-order chi connectivity index (χ1) is 27.6. The number of nitrogens with zero attached hydrogens (tertiary/aromatic N) is 3. The minimum absolute atomic E-state index is 0.130. The Bertz CT molecular complexity index is 3630. The summed E-state index contributed by atoms with van der Waals surface area (Å²) in [6, 6.07) is 65.8. The number of para-hydroxylation sites is 2. The first-order valence-electron chi connectivity index (χ1n) is 19.6. The Morgan fingerprint density at radius 1 is 0.375 bits per heavy atom. The lowest BCUT2D eigenvalue weighted by Gasteiger charge is -2.30. The molecule has 262 valence electrons. The van der Waals surface area contributed by atoms with E-state index in [-0.39, 0.29) is 5.41 Å². The van der Waals surface area contributed by atoms with Crippen molar-refractivity contribution in [3.63, 3.8) is 0 Å². The molecule has 13 rings (SSSR count). The Morgan fingerprint density at radius 3 is 1.68 bits per heavy atom. The van der Waals surface area contributed by atoms with Crippen LogP contribution in [0, 0.1) is 0 Å². The summed E-state index contributed by atoms with van der Waals surface area (Å²) in [5.41, 5.74) is 16.1. The van der Waals surface area contributed by atoms with E-state index in [2.05, 4.69) is 203 Å². The molecular weight excluding hydrogens is 679 g/mol. The number of rotatable bonds is 3. The van der Waals surface area contributed by atoms with Crippen LogP contribution in [0.5, 0.6) is 0 Å². The molecule has 0 atom stereocenters. The van der Waals surface area contributed by atoms with E-state index in [1.165, 1.54) is 104 Å². The van der Waals surface area contributed by atoms with Gasteiger partial charge in [-0.05, 0) is 86.9 Å². The van der Waals surface area contributed by atoms with Gasteiger partial charge < -0.3 is 13.7 Å². The maximum absolute atomic E-state index is 2.53. The first kappa shape index (κ1) is 30.3. The molecule has 1 aliphatic carbocycles. The largest absolute Gasteiger partial charge is 0.310 e. The van der Waals surface area contributed by atoms with Crippen LogP contribution in [0.2, 0.25) is 0 Å². The SMILES string of the molecule is CC1(C)c2ccccc2-c2ccc(N(c3ccc4c(c3)n3c5ccccc5c5ccc6c7ccccc7n4c6c53)c3cc4ccccc4c4ccccc34)cc21. The molecule has 0 saturated heterocycles. The molecule has 3 heteroatoms. The number of fused-ring (bicyclic) bond motifs is 15. The molecule has 1 aliphatic rings. The van der Waals surface area contributed by atoms with Gasteiger partial charge >= 0.3 is 0 Å². The molecule has 56 heavy (non-hydrogen) atoms. The van der Waals surface area contributed by atoms with Crippen molar-refractivity contribution in [3.05, 3.63) is 187 Å². The second-order valence-electron chi connectivity index (χ2n) is 16.1. The van der Waals surface area contributed by atoms with Gasteiger partial charge in [0.25, 0.3) is 0 Å². The summed E-state index contributed by atoms with van der Waals surface area (Å²) in [6.45, 7) is 4.75. The van der Waals surface area contributed by atoms with Crippen molar-refractivity contribution in [2.45, 2.75) is 19.3 Å². The smallest absolute Gasteiger partial charge is 0.0789 e. The normalized spacial score (nSPS) is 13.7. The molecule has 0 saturated carbocycles. The Labute approximate surface area is 323 Å². The average Bonchev–Trinajstić information content (AvgIpc) is 3.85. The van der Waals surface area contributed by atoms with Crippen LogP contribution in [0.15, 0.2) is 176 Å². The van der Waals surface area contributed by atoms with Crippen molar-refractivity contribution in [1.29, 1.82) is 0 Å². The predicted molar refractivity (Wildman–Crippen MR) is 237 cm³/mol. The van der Waals surface area contributed by atoms with Gasteiger partial charge in [0.1, 0.15) is 0 Å². The van der Waals surface area contributed by atoms with Crippen molar-refractivity contribution >= 4 is 93.3 Å². The zero-order valence-corrected chi connectivity index (χ0v) is 31.1. The highest BCUT2D eigenvalue weighted by molar-refractivity contribution is 6.25. The van der Waals surface area contributed by atoms with Crippen LogP contribution >= 0.6 is 0 Å². The molecule has 0 fully saturated rings. The van der Waals surface area contributed by atoms with Crippen molar-refractivity contribution in [1.82, 2.24) is 8.80 Å². The summed E-state index contributed by atoms with van der Waals surface area (Å²) in [6.07, 6.45) is 0. The number of aromatic nitrogens is 2. The van der Waals surface area contributed by atoms with Crippen LogP contribution in [0.3, 0.4) is 0 Å². The van der Waals surface area contributed by atoms with Crippen LogP contribution in [-0.4, -0.2) is 8.80 Å². The highest BCUT2D eigenvalue weighted by atomic mass is 15.1. The quantitative estimate of drug-likeness (QED) is 0.131. The molecule has 12 aromatic rings. The molecule has 0 N–H and O–H groups in total. The fourth-order valence-electron chi connectivity index (χ4n) is 10.5. The van der Waals surface area contributed by atoms with Crippen LogP contribution in [0.1, 0.15) is 25.0 Å². The van der Waals surface area contributed by atoms with E-state index in [0.29, 0.717) is 0 Å². The second-order valence-corrected chi connectivity index (χ2v) is 16.1. The van der Waals surface area contributed by atoms with Crippen LogP contribution in [-0.2, 0) is 5.41 Å². The van der Waals surface area contributed by atoms with Gasteiger partial charge in [-0.1, -0.05) is 141 Å². The zero-order valence-electron chi connectivity index (χ0n) is 31.1. The molecular formula is C53H35N3.